The molecule has 148 valence electrons. The molecule has 1 aliphatic heterocycles. The Kier molecular flexibility index (Phi) is 4.12. The van der Waals surface area contributed by atoms with Gasteiger partial charge in [0.05, 0.1) is 5.54 Å². The van der Waals surface area contributed by atoms with E-state index < -0.39 is 0 Å². The van der Waals surface area contributed by atoms with E-state index in [1.807, 2.05) is 6.33 Å². The van der Waals surface area contributed by atoms with Crippen LogP contribution >= 0.6 is 0 Å². The minimum absolute atomic E-state index is 0.0116. The third-order valence-corrected chi connectivity index (χ3v) is 7.95. The summed E-state index contributed by atoms with van der Waals surface area (Å²) < 4.78 is 2.12. The van der Waals surface area contributed by atoms with Gasteiger partial charge in [0.25, 0.3) is 0 Å². The Morgan fingerprint density at radius 2 is 1.85 bits per heavy atom. The molecule has 1 aromatic rings. The van der Waals surface area contributed by atoms with Crippen LogP contribution in [0.3, 0.4) is 0 Å². The highest BCUT2D eigenvalue weighted by Gasteiger charge is 2.59. The van der Waals surface area contributed by atoms with E-state index in [1.54, 1.807) is 6.33 Å². The number of hydrogen-bond donors (Lipinski definition) is 1. The van der Waals surface area contributed by atoms with E-state index >= 15 is 0 Å². The molecule has 6 heteroatoms. The molecule has 2 unspecified atom stereocenters. The van der Waals surface area contributed by atoms with Gasteiger partial charge in [-0.1, -0.05) is 0 Å². The third-order valence-electron chi connectivity index (χ3n) is 7.95. The van der Waals surface area contributed by atoms with Crippen molar-refractivity contribution in [3.05, 3.63) is 12.7 Å². The lowest BCUT2D eigenvalue weighted by Crippen LogP contribution is -2.66. The lowest BCUT2D eigenvalue weighted by atomic mass is 9.50. The van der Waals surface area contributed by atoms with Gasteiger partial charge in [0.15, 0.2) is 0 Å². The van der Waals surface area contributed by atoms with Gasteiger partial charge in [0, 0.05) is 17.5 Å². The van der Waals surface area contributed by atoms with Gasteiger partial charge < -0.3 is 10.2 Å². The number of nitrogens with zero attached hydrogens (tertiary/aromatic N) is 4. The molecule has 1 aromatic heterocycles. The zero-order chi connectivity index (χ0) is 18.6. The maximum absolute atomic E-state index is 13.2. The van der Waals surface area contributed by atoms with Crippen LogP contribution in [0.2, 0.25) is 0 Å². The summed E-state index contributed by atoms with van der Waals surface area (Å²) in [5, 5.41) is 8.12. The summed E-state index contributed by atoms with van der Waals surface area (Å²) in [6.45, 7) is 6.60. The molecule has 5 aliphatic rings. The molecule has 4 aliphatic carbocycles. The van der Waals surface area contributed by atoms with Gasteiger partial charge >= 0.3 is 0 Å². The summed E-state index contributed by atoms with van der Waals surface area (Å²) in [5.41, 5.74) is 0.0666. The van der Waals surface area contributed by atoms with Gasteiger partial charge in [0.2, 0.25) is 5.91 Å². The van der Waals surface area contributed by atoms with Crippen LogP contribution in [0, 0.1) is 17.8 Å². The van der Waals surface area contributed by atoms with Crippen molar-refractivity contribution in [2.75, 3.05) is 13.1 Å². The first-order valence-corrected chi connectivity index (χ1v) is 10.9. The molecule has 1 saturated heterocycles. The van der Waals surface area contributed by atoms with Gasteiger partial charge in [-0.2, -0.15) is 5.10 Å². The Morgan fingerprint density at radius 1 is 1.15 bits per heavy atom. The molecule has 4 saturated carbocycles. The lowest BCUT2D eigenvalue weighted by molar-refractivity contribution is -0.135. The Balaban J connectivity index is 1.31. The average Bonchev–Trinajstić information content (AvgIpc) is 3.16. The Morgan fingerprint density at radius 3 is 2.44 bits per heavy atom. The Labute approximate surface area is 162 Å². The largest absolute Gasteiger partial charge is 0.350 e. The van der Waals surface area contributed by atoms with E-state index in [4.69, 9.17) is 0 Å². The van der Waals surface area contributed by atoms with E-state index in [0.717, 1.165) is 57.0 Å². The summed E-state index contributed by atoms with van der Waals surface area (Å²) >= 11 is 0. The predicted octanol–water partition coefficient (Wildman–Crippen LogP) is 2.56. The maximum Gasteiger partial charge on any atom is 0.223 e. The van der Waals surface area contributed by atoms with Crippen molar-refractivity contribution in [2.24, 2.45) is 17.8 Å². The van der Waals surface area contributed by atoms with E-state index in [2.05, 4.69) is 38.8 Å². The molecule has 4 bridgehead atoms. The number of amides is 1. The van der Waals surface area contributed by atoms with E-state index in [0.29, 0.717) is 11.9 Å². The monoisotopic (exact) mass is 371 g/mol. The van der Waals surface area contributed by atoms with Crippen LogP contribution in [0.1, 0.15) is 65.2 Å². The summed E-state index contributed by atoms with van der Waals surface area (Å²) in [6.07, 6.45) is 12.7. The van der Waals surface area contributed by atoms with Gasteiger partial charge in [0.1, 0.15) is 12.7 Å². The molecule has 1 amide bonds. The van der Waals surface area contributed by atoms with Crippen LogP contribution in [0.15, 0.2) is 12.7 Å². The number of hydrogen-bond acceptors (Lipinski definition) is 4. The fourth-order valence-corrected chi connectivity index (χ4v) is 7.12. The van der Waals surface area contributed by atoms with Crippen LogP contribution in [0.5, 0.6) is 0 Å². The predicted molar refractivity (Wildman–Crippen MR) is 103 cm³/mol. The molecule has 5 fully saturated rings. The third kappa shape index (κ3) is 3.00. The number of aromatic nitrogens is 3. The first kappa shape index (κ1) is 17.7. The number of likely N-dealkylation sites (tertiary alicyclic amines) is 1. The van der Waals surface area contributed by atoms with Crippen LogP contribution in [0.25, 0.3) is 0 Å². The van der Waals surface area contributed by atoms with Crippen molar-refractivity contribution in [2.45, 2.75) is 82.3 Å². The minimum atomic E-state index is -0.0116. The van der Waals surface area contributed by atoms with Crippen LogP contribution in [0.4, 0.5) is 0 Å². The van der Waals surface area contributed by atoms with E-state index in [-0.39, 0.29) is 17.0 Å². The maximum atomic E-state index is 13.2. The Hall–Kier alpha value is -1.43. The number of carbonyl (C=O) groups excluding carboxylic acids is 1. The Bertz CT molecular complexity index is 677. The van der Waals surface area contributed by atoms with Crippen molar-refractivity contribution in [3.63, 3.8) is 0 Å². The summed E-state index contributed by atoms with van der Waals surface area (Å²) in [6, 6.07) is 0.583. The van der Waals surface area contributed by atoms with E-state index in [9.17, 15) is 4.79 Å². The second-order valence-corrected chi connectivity index (χ2v) is 10.2. The summed E-state index contributed by atoms with van der Waals surface area (Å²) in [7, 11) is 0. The second kappa shape index (κ2) is 6.29. The van der Waals surface area contributed by atoms with Crippen LogP contribution in [-0.2, 0) is 10.3 Å². The van der Waals surface area contributed by atoms with E-state index in [1.165, 1.54) is 19.3 Å². The number of nitrogens with one attached hydrogen (secondary N) is 1. The molecule has 6 nitrogen and oxygen atoms in total. The molecular formula is C21H33N5O. The van der Waals surface area contributed by atoms with Crippen molar-refractivity contribution in [3.8, 4) is 0 Å². The zero-order valence-electron chi connectivity index (χ0n) is 16.7. The fraction of sp³-hybridized carbons (Fsp3) is 0.857. The van der Waals surface area contributed by atoms with Crippen LogP contribution in [-0.4, -0.2) is 50.2 Å². The fourth-order valence-electron chi connectivity index (χ4n) is 7.12. The smallest absolute Gasteiger partial charge is 0.223 e. The van der Waals surface area contributed by atoms with Gasteiger partial charge in [-0.25, -0.2) is 9.67 Å². The molecule has 27 heavy (non-hydrogen) atoms. The molecule has 1 N–H and O–H groups in total. The molecule has 0 radical (unpaired) electrons. The lowest BCUT2D eigenvalue weighted by Gasteiger charge is -2.62. The summed E-state index contributed by atoms with van der Waals surface area (Å²) in [5.74, 6) is 1.95. The number of rotatable bonds is 4. The second-order valence-electron chi connectivity index (χ2n) is 10.2. The molecular weight excluding hydrogens is 338 g/mol. The van der Waals surface area contributed by atoms with Gasteiger partial charge in [-0.05, 0) is 90.1 Å². The van der Waals surface area contributed by atoms with Gasteiger partial charge in [-0.3, -0.25) is 4.79 Å². The highest BCUT2D eigenvalue weighted by atomic mass is 16.2. The van der Waals surface area contributed by atoms with Crippen molar-refractivity contribution in [1.82, 2.24) is 25.0 Å². The zero-order valence-corrected chi connectivity index (χ0v) is 16.7. The number of carbonyl (C=O) groups is 1. The van der Waals surface area contributed by atoms with Crippen molar-refractivity contribution >= 4 is 5.91 Å². The van der Waals surface area contributed by atoms with Crippen molar-refractivity contribution < 1.29 is 4.79 Å². The molecule has 2 heterocycles. The van der Waals surface area contributed by atoms with Gasteiger partial charge in [-0.15, -0.1) is 0 Å². The highest BCUT2D eigenvalue weighted by molar-refractivity contribution is 5.79. The average molecular weight is 372 g/mol. The molecule has 6 rings (SSSR count). The molecule has 0 spiro atoms. The molecule has 4 atom stereocenters. The molecule has 0 aromatic carbocycles. The first-order valence-electron chi connectivity index (χ1n) is 10.9. The standard InChI is InChI=1S/C21H33N5O/c1-15(2)25-5-3-18(4-6-25)19(27)24-20-8-16-7-17(9-20)11-21(10-16,12-20)26-14-22-13-23-26/h13-18H,3-12H2,1-2H3,(H,24,27)/t16-,17+,20?,21?. The topological polar surface area (TPSA) is 63.1 Å². The summed E-state index contributed by atoms with van der Waals surface area (Å²) in [4.78, 5) is 19.9. The SMILES string of the molecule is CC(C)N1CCC(C(=O)NC23C[C@H]4C[C@@H](C2)CC(n2cncn2)(C4)C3)CC1. The van der Waals surface area contributed by atoms with Crippen molar-refractivity contribution in [1.29, 1.82) is 0 Å². The highest BCUT2D eigenvalue weighted by Crippen LogP contribution is 2.60. The normalized spacial score (nSPS) is 39.2. The quantitative estimate of drug-likeness (QED) is 0.884. The minimum Gasteiger partial charge on any atom is -0.350 e. The number of piperidine rings is 1. The van der Waals surface area contributed by atoms with Crippen LogP contribution < -0.4 is 5.32 Å². The first-order chi connectivity index (χ1) is 13.0.